The molecular formula is C45H29BN4O. The van der Waals surface area contributed by atoms with Gasteiger partial charge in [0.15, 0.2) is 0 Å². The van der Waals surface area contributed by atoms with Crippen molar-refractivity contribution in [1.82, 2.24) is 14.0 Å². The van der Waals surface area contributed by atoms with Crippen molar-refractivity contribution in [2.75, 3.05) is 4.90 Å². The van der Waals surface area contributed by atoms with E-state index in [0.717, 1.165) is 67.9 Å². The van der Waals surface area contributed by atoms with E-state index in [1.54, 1.807) is 0 Å². The van der Waals surface area contributed by atoms with Crippen LogP contribution in [0.5, 0.6) is 11.5 Å². The normalized spacial score (nSPS) is 12.8. The average molecular weight is 653 g/mol. The molecule has 0 atom stereocenters. The zero-order valence-corrected chi connectivity index (χ0v) is 27.5. The van der Waals surface area contributed by atoms with E-state index in [-0.39, 0.29) is 6.71 Å². The lowest BCUT2D eigenvalue weighted by atomic mass is 9.34. The average Bonchev–Trinajstić information content (AvgIpc) is 3.74. The molecule has 0 fully saturated rings. The van der Waals surface area contributed by atoms with Gasteiger partial charge in [0, 0.05) is 34.3 Å². The molecule has 0 N–H and O–H groups in total. The maximum atomic E-state index is 6.89. The number of fused-ring (bicyclic) bond motifs is 7. The smallest absolute Gasteiger partial charge is 0.256 e. The zero-order valence-electron chi connectivity index (χ0n) is 27.5. The lowest BCUT2D eigenvalue weighted by molar-refractivity contribution is 0.487. The fourth-order valence-corrected chi connectivity index (χ4v) is 8.27. The molecule has 9 aromatic rings. The number of hydrogen-bond donors (Lipinski definition) is 0. The molecule has 11 rings (SSSR count). The highest BCUT2D eigenvalue weighted by Gasteiger charge is 2.42. The molecule has 0 saturated heterocycles. The standard InChI is InChI=1S/C45H29BN4O/c1-4-16-30(17-5-1)43-44(31-18-6-2-7-19-31)50-38-26-14-13-25-37(38)49(45(50)47-43)33-28-39-42-41(29-33)51-40-27-15-11-23-35(40)46(42)34-22-10-12-24-36(34)48(39)32-20-8-3-9-21-32/h1-29H. The van der Waals surface area contributed by atoms with E-state index in [4.69, 9.17) is 9.72 Å². The monoisotopic (exact) mass is 652 g/mol. The third kappa shape index (κ3) is 4.08. The highest BCUT2D eigenvalue weighted by molar-refractivity contribution is 6.99. The van der Waals surface area contributed by atoms with Crippen molar-refractivity contribution in [1.29, 1.82) is 0 Å². The van der Waals surface area contributed by atoms with E-state index in [1.807, 2.05) is 0 Å². The molecule has 2 aromatic heterocycles. The van der Waals surface area contributed by atoms with Gasteiger partial charge in [-0.15, -0.1) is 0 Å². The number of anilines is 3. The Morgan fingerprint density at radius 3 is 1.90 bits per heavy atom. The van der Waals surface area contributed by atoms with Crippen LogP contribution in [0.2, 0.25) is 0 Å². The summed E-state index contributed by atoms with van der Waals surface area (Å²) in [5, 5.41) is 0. The van der Waals surface area contributed by atoms with E-state index in [2.05, 4.69) is 190 Å². The van der Waals surface area contributed by atoms with Gasteiger partial charge < -0.3 is 9.64 Å². The summed E-state index contributed by atoms with van der Waals surface area (Å²) < 4.78 is 11.5. The van der Waals surface area contributed by atoms with Gasteiger partial charge in [-0.1, -0.05) is 127 Å². The van der Waals surface area contributed by atoms with Gasteiger partial charge in [-0.3, -0.25) is 8.97 Å². The summed E-state index contributed by atoms with van der Waals surface area (Å²) >= 11 is 0. The number of aromatic nitrogens is 3. The second-order valence-electron chi connectivity index (χ2n) is 13.2. The molecule has 4 heterocycles. The van der Waals surface area contributed by atoms with Gasteiger partial charge in [0.05, 0.1) is 28.1 Å². The maximum Gasteiger partial charge on any atom is 0.256 e. The molecule has 0 spiro atoms. The Kier molecular flexibility index (Phi) is 5.98. The van der Waals surface area contributed by atoms with Gasteiger partial charge in [-0.2, -0.15) is 0 Å². The Bertz CT molecular complexity index is 2790. The molecule has 6 heteroatoms. The number of imidazole rings is 2. The van der Waals surface area contributed by atoms with Crippen LogP contribution in [-0.2, 0) is 0 Å². The Labute approximate surface area is 295 Å². The fourth-order valence-electron chi connectivity index (χ4n) is 8.27. The van der Waals surface area contributed by atoms with Gasteiger partial charge in [-0.25, -0.2) is 4.98 Å². The van der Waals surface area contributed by atoms with Gasteiger partial charge in [0.25, 0.3) is 6.71 Å². The molecule has 0 unspecified atom stereocenters. The van der Waals surface area contributed by atoms with Crippen LogP contribution in [-0.4, -0.2) is 20.7 Å². The van der Waals surface area contributed by atoms with Gasteiger partial charge in [0.1, 0.15) is 11.5 Å². The van der Waals surface area contributed by atoms with Crippen molar-refractivity contribution < 1.29 is 4.74 Å². The van der Waals surface area contributed by atoms with Crippen molar-refractivity contribution in [2.45, 2.75) is 0 Å². The molecule has 5 nitrogen and oxygen atoms in total. The molecule has 0 aliphatic carbocycles. The van der Waals surface area contributed by atoms with Crippen LogP contribution in [0.15, 0.2) is 176 Å². The zero-order chi connectivity index (χ0) is 33.5. The summed E-state index contributed by atoms with van der Waals surface area (Å²) in [6.45, 7) is 0.0346. The lowest BCUT2D eigenvalue weighted by Crippen LogP contribution is -2.59. The van der Waals surface area contributed by atoms with Crippen LogP contribution in [0.25, 0.3) is 45.0 Å². The molecule has 51 heavy (non-hydrogen) atoms. The summed E-state index contributed by atoms with van der Waals surface area (Å²) in [6.07, 6.45) is 0. The molecule has 2 aliphatic heterocycles. The molecule has 238 valence electrons. The first-order valence-electron chi connectivity index (χ1n) is 17.4. The minimum absolute atomic E-state index is 0.0346. The minimum atomic E-state index is 0.0346. The minimum Gasteiger partial charge on any atom is -0.458 e. The number of hydrogen-bond acceptors (Lipinski definition) is 3. The lowest BCUT2D eigenvalue weighted by Gasteiger charge is -2.40. The number of benzene rings is 7. The Morgan fingerprint density at radius 2 is 1.12 bits per heavy atom. The van der Waals surface area contributed by atoms with Crippen LogP contribution >= 0.6 is 0 Å². The second kappa shape index (κ2) is 10.9. The summed E-state index contributed by atoms with van der Waals surface area (Å²) in [5.74, 6) is 2.59. The molecule has 2 aliphatic rings. The van der Waals surface area contributed by atoms with E-state index in [9.17, 15) is 0 Å². The predicted octanol–water partition coefficient (Wildman–Crippen LogP) is 9.02. The largest absolute Gasteiger partial charge is 0.458 e. The molecular weight excluding hydrogens is 623 g/mol. The molecule has 0 radical (unpaired) electrons. The first-order valence-corrected chi connectivity index (χ1v) is 17.4. The number of rotatable bonds is 4. The van der Waals surface area contributed by atoms with Gasteiger partial charge in [-0.05, 0) is 58.9 Å². The summed E-state index contributed by atoms with van der Waals surface area (Å²) in [5.41, 5.74) is 14.3. The second-order valence-corrected chi connectivity index (χ2v) is 13.2. The maximum absolute atomic E-state index is 6.89. The van der Waals surface area contributed by atoms with Gasteiger partial charge >= 0.3 is 0 Å². The van der Waals surface area contributed by atoms with Crippen LogP contribution < -0.4 is 26.0 Å². The van der Waals surface area contributed by atoms with Crippen molar-refractivity contribution in [3.05, 3.63) is 176 Å². The number of nitrogens with zero attached hydrogens (tertiary/aromatic N) is 4. The molecule has 0 amide bonds. The van der Waals surface area contributed by atoms with Crippen molar-refractivity contribution in [3.8, 4) is 39.7 Å². The van der Waals surface area contributed by atoms with E-state index in [1.165, 1.54) is 22.1 Å². The third-order valence-corrected chi connectivity index (χ3v) is 10.4. The van der Waals surface area contributed by atoms with Crippen LogP contribution in [0.1, 0.15) is 0 Å². The van der Waals surface area contributed by atoms with Crippen LogP contribution in [0.3, 0.4) is 0 Å². The Hall–Kier alpha value is -6.79. The first-order chi connectivity index (χ1) is 25.3. The first kappa shape index (κ1) is 28.1. The highest BCUT2D eigenvalue weighted by Crippen LogP contribution is 2.43. The predicted molar refractivity (Wildman–Crippen MR) is 209 cm³/mol. The van der Waals surface area contributed by atoms with Crippen LogP contribution in [0, 0.1) is 0 Å². The SMILES string of the molecule is c1ccc(-c2nc3n(-c4cc5c6c(c4)N(c4ccccc4)c4ccccc4B6c4ccccc4O5)c4ccccc4n3c2-c2ccccc2)cc1. The number of para-hydroxylation sites is 5. The fraction of sp³-hybridized carbons (Fsp3) is 0. The summed E-state index contributed by atoms with van der Waals surface area (Å²) in [7, 11) is 0. The van der Waals surface area contributed by atoms with E-state index < -0.39 is 0 Å². The van der Waals surface area contributed by atoms with Crippen molar-refractivity contribution in [3.63, 3.8) is 0 Å². The molecule has 0 saturated carbocycles. The number of ether oxygens (including phenoxy) is 1. The summed E-state index contributed by atoms with van der Waals surface area (Å²) in [6, 6.07) is 62.2. The van der Waals surface area contributed by atoms with Crippen molar-refractivity contribution in [2.24, 2.45) is 0 Å². The van der Waals surface area contributed by atoms with Crippen molar-refractivity contribution >= 4 is 57.0 Å². The quantitative estimate of drug-likeness (QED) is 0.178. The molecule has 0 bridgehead atoms. The Morgan fingerprint density at radius 1 is 0.490 bits per heavy atom. The van der Waals surface area contributed by atoms with Gasteiger partial charge in [0.2, 0.25) is 5.78 Å². The highest BCUT2D eigenvalue weighted by atomic mass is 16.5. The third-order valence-electron chi connectivity index (χ3n) is 10.4. The molecule has 7 aromatic carbocycles. The topological polar surface area (TPSA) is 34.7 Å². The Balaban J connectivity index is 1.25. The van der Waals surface area contributed by atoms with Crippen LogP contribution in [0.4, 0.5) is 17.1 Å². The van der Waals surface area contributed by atoms with E-state index in [0.29, 0.717) is 0 Å². The summed E-state index contributed by atoms with van der Waals surface area (Å²) in [4.78, 5) is 7.88. The van der Waals surface area contributed by atoms with E-state index >= 15 is 0 Å².